The van der Waals surface area contributed by atoms with E-state index in [1.54, 1.807) is 12.1 Å². The van der Waals surface area contributed by atoms with Crippen LogP contribution in [0.1, 0.15) is 55.3 Å². The average molecular weight is 802 g/mol. The van der Waals surface area contributed by atoms with Crippen molar-refractivity contribution in [2.24, 2.45) is 7.05 Å². The number of aromatic carboxylic acids is 1. The highest BCUT2D eigenvalue weighted by Gasteiger charge is 2.32. The number of hydrogen-bond acceptors (Lipinski definition) is 7. The number of carbonyl (C=O) groups is 2. The first-order valence-electron chi connectivity index (χ1n) is 19.3. The van der Waals surface area contributed by atoms with Crippen LogP contribution in [-0.2, 0) is 24.8 Å². The number of aromatic nitrogens is 3. The van der Waals surface area contributed by atoms with Crippen molar-refractivity contribution >= 4 is 51.7 Å². The zero-order valence-electron chi connectivity index (χ0n) is 32.8. The van der Waals surface area contributed by atoms with E-state index >= 15 is 4.79 Å². The number of hydrogen-bond donors (Lipinski definition) is 1. The second-order valence-electron chi connectivity index (χ2n) is 14.9. The number of fused-ring (bicyclic) bond motifs is 1. The highest BCUT2D eigenvalue weighted by Crippen LogP contribution is 2.42. The van der Waals surface area contributed by atoms with E-state index in [9.17, 15) is 9.90 Å². The Kier molecular flexibility index (Phi) is 12.0. The number of benzene rings is 3. The molecule has 56 heavy (non-hydrogen) atoms. The van der Waals surface area contributed by atoms with Crippen LogP contribution in [-0.4, -0.2) is 107 Å². The number of carboxylic acid groups (broad SMARTS) is 1. The van der Waals surface area contributed by atoms with Crippen LogP contribution >= 0.6 is 23.2 Å². The molecule has 0 bridgehead atoms. The minimum atomic E-state index is -0.952. The average Bonchev–Trinajstić information content (AvgIpc) is 3.64. The quantitative estimate of drug-likeness (QED) is 0.129. The normalized spacial score (nSPS) is 15.2. The molecule has 2 fully saturated rings. The third-order valence-corrected chi connectivity index (χ3v) is 12.2. The van der Waals surface area contributed by atoms with Gasteiger partial charge in [-0.3, -0.25) is 14.4 Å². The lowest BCUT2D eigenvalue weighted by molar-refractivity contribution is 0.0363. The van der Waals surface area contributed by atoms with Crippen LogP contribution in [0.2, 0.25) is 10.0 Å². The predicted molar refractivity (Wildman–Crippen MR) is 222 cm³/mol. The Morgan fingerprint density at radius 3 is 2.18 bits per heavy atom. The largest absolute Gasteiger partial charge is 0.494 e. The van der Waals surface area contributed by atoms with Gasteiger partial charge in [0.15, 0.2) is 0 Å². The molecule has 5 aromatic rings. The summed E-state index contributed by atoms with van der Waals surface area (Å²) in [6, 6.07) is 14.9. The van der Waals surface area contributed by atoms with E-state index in [2.05, 4.69) is 27.4 Å². The van der Waals surface area contributed by atoms with Gasteiger partial charge in [-0.1, -0.05) is 29.3 Å². The smallest absolute Gasteiger partial charge is 0.335 e. The maximum absolute atomic E-state index is 15.2. The number of piperazine rings is 1. The van der Waals surface area contributed by atoms with Crippen LogP contribution in [0, 0.1) is 27.7 Å². The van der Waals surface area contributed by atoms with Gasteiger partial charge in [-0.25, -0.2) is 4.79 Å². The lowest BCUT2D eigenvalue weighted by Gasteiger charge is -2.36. The second-order valence-corrected chi connectivity index (χ2v) is 15.7. The first kappa shape index (κ1) is 39.7. The van der Waals surface area contributed by atoms with Crippen molar-refractivity contribution in [2.75, 3.05) is 70.5 Å². The molecule has 2 aliphatic heterocycles. The van der Waals surface area contributed by atoms with Crippen LogP contribution < -0.4 is 9.64 Å². The Labute approximate surface area is 338 Å². The van der Waals surface area contributed by atoms with Gasteiger partial charge in [-0.05, 0) is 99.7 Å². The number of aryl methyl sites for hydroxylation is 5. The maximum atomic E-state index is 15.2. The summed E-state index contributed by atoms with van der Waals surface area (Å²) >= 11 is 13.6. The van der Waals surface area contributed by atoms with Crippen molar-refractivity contribution in [3.8, 4) is 16.9 Å². The zero-order valence-corrected chi connectivity index (χ0v) is 34.3. The maximum Gasteiger partial charge on any atom is 0.335 e. The number of rotatable bonds is 12. The number of ether oxygens (including phenoxy) is 2. The van der Waals surface area contributed by atoms with E-state index in [0.717, 1.165) is 86.2 Å². The Balaban J connectivity index is 1.28. The summed E-state index contributed by atoms with van der Waals surface area (Å²) in [4.78, 5) is 33.2. The SMILES string of the molecule is Cc1cc(OCCCc2c(C(=O)N3CCN(c4ccc(C(=O)O)cc4)CC3)n(CCN3CCOCC3)c3c(-c4c(C)nn(C)c4C)c(Cl)ccc23)cc(C)c1Cl. The van der Waals surface area contributed by atoms with Gasteiger partial charge in [0, 0.05) is 92.3 Å². The molecule has 2 saturated heterocycles. The lowest BCUT2D eigenvalue weighted by atomic mass is 9.98. The third-order valence-electron chi connectivity index (χ3n) is 11.3. The summed E-state index contributed by atoms with van der Waals surface area (Å²) in [5.41, 5.74) is 9.52. The molecule has 0 spiro atoms. The Morgan fingerprint density at radius 2 is 1.55 bits per heavy atom. The highest BCUT2D eigenvalue weighted by atomic mass is 35.5. The van der Waals surface area contributed by atoms with Crippen molar-refractivity contribution in [3.05, 3.63) is 97.9 Å². The Hall–Kier alpha value is -4.55. The van der Waals surface area contributed by atoms with Crippen LogP contribution in [0.5, 0.6) is 5.75 Å². The summed E-state index contributed by atoms with van der Waals surface area (Å²) < 4.78 is 16.1. The minimum absolute atomic E-state index is 0.00868. The number of nitrogens with zero attached hydrogens (tertiary/aromatic N) is 6. The summed E-state index contributed by atoms with van der Waals surface area (Å²) in [5.74, 6) is -0.182. The molecular formula is C43H50Cl2N6O5. The summed E-state index contributed by atoms with van der Waals surface area (Å²) in [6.45, 7) is 15.2. The van der Waals surface area contributed by atoms with Gasteiger partial charge in [0.2, 0.25) is 0 Å². The van der Waals surface area contributed by atoms with Crippen LogP contribution in [0.3, 0.4) is 0 Å². The standard InChI is InChI=1S/C43H50Cl2N6O5/c1-27-25-33(26-28(2)39(27)45)56-22-6-7-34-35-12-13-36(44)38(37-29(3)46-47(5)30(37)4)40(35)51(19-14-48-20-23-55-24-21-48)41(34)42(52)50-17-15-49(16-18-50)32-10-8-31(9-11-32)43(53)54/h8-13,25-26H,6-7,14-24H2,1-5H3,(H,53,54). The third kappa shape index (κ3) is 8.00. The molecule has 3 aromatic carbocycles. The molecule has 0 radical (unpaired) electrons. The Bertz CT molecular complexity index is 2230. The summed E-state index contributed by atoms with van der Waals surface area (Å²) in [5, 5.41) is 16.5. The van der Waals surface area contributed by atoms with E-state index in [1.807, 2.05) is 67.7 Å². The monoisotopic (exact) mass is 800 g/mol. The molecule has 4 heterocycles. The molecule has 1 amide bonds. The van der Waals surface area contributed by atoms with E-state index in [0.29, 0.717) is 76.1 Å². The van der Waals surface area contributed by atoms with Gasteiger partial charge in [-0.2, -0.15) is 5.10 Å². The van der Waals surface area contributed by atoms with E-state index in [4.69, 9.17) is 37.8 Å². The minimum Gasteiger partial charge on any atom is -0.494 e. The van der Waals surface area contributed by atoms with Crippen molar-refractivity contribution in [1.82, 2.24) is 24.1 Å². The summed E-state index contributed by atoms with van der Waals surface area (Å²) in [6.07, 6.45) is 1.31. The fourth-order valence-electron chi connectivity index (χ4n) is 8.21. The molecule has 1 N–H and O–H groups in total. The summed E-state index contributed by atoms with van der Waals surface area (Å²) in [7, 11) is 1.95. The molecular weight excluding hydrogens is 751 g/mol. The molecule has 2 aromatic heterocycles. The Morgan fingerprint density at radius 1 is 0.875 bits per heavy atom. The van der Waals surface area contributed by atoms with Gasteiger partial charge in [-0.15, -0.1) is 0 Å². The predicted octanol–water partition coefficient (Wildman–Crippen LogP) is 7.59. The molecule has 13 heteroatoms. The van der Waals surface area contributed by atoms with Crippen LogP contribution in [0.15, 0.2) is 48.5 Å². The van der Waals surface area contributed by atoms with Crippen molar-refractivity contribution < 1.29 is 24.2 Å². The van der Waals surface area contributed by atoms with Crippen molar-refractivity contribution in [3.63, 3.8) is 0 Å². The van der Waals surface area contributed by atoms with Crippen molar-refractivity contribution in [1.29, 1.82) is 0 Å². The van der Waals surface area contributed by atoms with Gasteiger partial charge < -0.3 is 28.9 Å². The van der Waals surface area contributed by atoms with E-state index < -0.39 is 5.97 Å². The molecule has 296 valence electrons. The number of anilines is 1. The molecule has 0 atom stereocenters. The first-order chi connectivity index (χ1) is 26.9. The van der Waals surface area contributed by atoms with Gasteiger partial charge in [0.1, 0.15) is 11.4 Å². The molecule has 0 saturated carbocycles. The number of carboxylic acids is 1. The molecule has 0 unspecified atom stereocenters. The van der Waals surface area contributed by atoms with Gasteiger partial charge in [0.25, 0.3) is 5.91 Å². The fourth-order valence-corrected chi connectivity index (χ4v) is 8.57. The second kappa shape index (κ2) is 16.9. The zero-order chi connectivity index (χ0) is 39.7. The number of morpholine rings is 1. The molecule has 2 aliphatic rings. The van der Waals surface area contributed by atoms with E-state index in [-0.39, 0.29) is 11.5 Å². The molecule has 7 rings (SSSR count). The van der Waals surface area contributed by atoms with Gasteiger partial charge >= 0.3 is 5.97 Å². The van der Waals surface area contributed by atoms with E-state index in [1.165, 1.54) is 0 Å². The lowest BCUT2D eigenvalue weighted by Crippen LogP contribution is -2.49. The number of halogens is 2. The highest BCUT2D eigenvalue weighted by molar-refractivity contribution is 6.35. The van der Waals surface area contributed by atoms with Gasteiger partial charge in [0.05, 0.1) is 41.6 Å². The van der Waals surface area contributed by atoms with Crippen LogP contribution in [0.25, 0.3) is 22.0 Å². The topological polar surface area (TPSA) is 105 Å². The number of amides is 1. The first-order valence-corrected chi connectivity index (χ1v) is 20.1. The molecule has 0 aliphatic carbocycles. The number of carbonyl (C=O) groups excluding carboxylic acids is 1. The molecule has 11 nitrogen and oxygen atoms in total. The van der Waals surface area contributed by atoms with Crippen LogP contribution in [0.4, 0.5) is 5.69 Å². The fraction of sp³-hybridized carbons (Fsp3) is 0.419. The van der Waals surface area contributed by atoms with Crippen molar-refractivity contribution in [2.45, 2.75) is 47.1 Å².